The lowest BCUT2D eigenvalue weighted by molar-refractivity contribution is -0.137. The van der Waals surface area contributed by atoms with Gasteiger partial charge in [-0.15, -0.1) is 0 Å². The lowest BCUT2D eigenvalue weighted by atomic mass is 10.2. The number of hydrogen-bond donors (Lipinski definition) is 3. The first kappa shape index (κ1) is 20.9. The Kier molecular flexibility index (Phi) is 7.75. The highest BCUT2D eigenvalue weighted by Gasteiger charge is 2.30. The minimum absolute atomic E-state index is 0.0908. The fraction of sp³-hybridized carbons (Fsp3) is 0.556. The fourth-order valence-corrected chi connectivity index (χ4v) is 2.26. The molecule has 9 heteroatoms. The van der Waals surface area contributed by atoms with E-state index < -0.39 is 11.7 Å². The van der Waals surface area contributed by atoms with Crippen molar-refractivity contribution >= 4 is 11.9 Å². The number of ether oxygens (including phenoxy) is 1. The van der Waals surface area contributed by atoms with Crippen LogP contribution in [0, 0.1) is 5.92 Å². The summed E-state index contributed by atoms with van der Waals surface area (Å²) in [5, 5.41) is 8.98. The molecule has 1 fully saturated rings. The van der Waals surface area contributed by atoms with Crippen LogP contribution in [0.4, 0.5) is 13.2 Å². The molecule has 0 bridgehead atoms. The smallest absolute Gasteiger partial charge is 0.416 e. The maximum absolute atomic E-state index is 12.5. The molecular weight excluding hydrogens is 361 g/mol. The molecule has 0 radical (unpaired) electrons. The van der Waals surface area contributed by atoms with Crippen LogP contribution in [0.25, 0.3) is 0 Å². The van der Waals surface area contributed by atoms with Gasteiger partial charge in [-0.25, -0.2) is 0 Å². The van der Waals surface area contributed by atoms with Gasteiger partial charge >= 0.3 is 6.18 Å². The molecule has 27 heavy (non-hydrogen) atoms. The molecule has 3 N–H and O–H groups in total. The number of nitrogens with zero attached hydrogens (tertiary/aromatic N) is 1. The zero-order chi connectivity index (χ0) is 19.7. The van der Waals surface area contributed by atoms with Crippen molar-refractivity contribution in [2.75, 3.05) is 32.8 Å². The zero-order valence-electron chi connectivity index (χ0n) is 15.2. The highest BCUT2D eigenvalue weighted by Crippen LogP contribution is 2.30. The van der Waals surface area contributed by atoms with Crippen LogP contribution in [0.5, 0.6) is 5.75 Å². The number of alkyl halides is 3. The topological polar surface area (TPSA) is 74.8 Å². The van der Waals surface area contributed by atoms with Gasteiger partial charge in [-0.05, 0) is 44.0 Å². The average Bonchev–Trinajstić information content (AvgIpc) is 3.47. The molecule has 6 nitrogen and oxygen atoms in total. The Balaban J connectivity index is 1.67. The molecule has 0 aliphatic heterocycles. The molecule has 1 aromatic rings. The molecule has 0 unspecified atom stereocenters. The number of amides is 1. The minimum atomic E-state index is -4.35. The van der Waals surface area contributed by atoms with Gasteiger partial charge in [0.25, 0.3) is 0 Å². The Hall–Kier alpha value is -2.45. The van der Waals surface area contributed by atoms with E-state index in [1.54, 1.807) is 0 Å². The van der Waals surface area contributed by atoms with Crippen LogP contribution < -0.4 is 20.7 Å². The van der Waals surface area contributed by atoms with E-state index in [2.05, 4.69) is 20.9 Å². The molecule has 0 spiro atoms. The maximum Gasteiger partial charge on any atom is 0.416 e. The third kappa shape index (κ3) is 7.76. The van der Waals surface area contributed by atoms with Crippen molar-refractivity contribution in [1.82, 2.24) is 16.0 Å². The molecule has 1 amide bonds. The molecule has 2 rings (SSSR count). The summed E-state index contributed by atoms with van der Waals surface area (Å²) in [6, 6.07) is 4.57. The Bertz CT molecular complexity index is 628. The van der Waals surface area contributed by atoms with Gasteiger partial charge < -0.3 is 20.7 Å². The molecule has 150 valence electrons. The summed E-state index contributed by atoms with van der Waals surface area (Å²) >= 11 is 0. The van der Waals surface area contributed by atoms with Crippen LogP contribution >= 0.6 is 0 Å². The van der Waals surface area contributed by atoms with Crippen LogP contribution in [0.2, 0.25) is 0 Å². The largest absolute Gasteiger partial charge is 0.492 e. The third-order valence-corrected chi connectivity index (χ3v) is 3.82. The predicted octanol–water partition coefficient (Wildman–Crippen LogP) is 2.17. The number of guanidine groups is 1. The highest BCUT2D eigenvalue weighted by atomic mass is 19.4. The Morgan fingerprint density at radius 3 is 2.44 bits per heavy atom. The molecule has 1 aliphatic rings. The summed E-state index contributed by atoms with van der Waals surface area (Å²) in [5.41, 5.74) is -0.705. The van der Waals surface area contributed by atoms with Crippen molar-refractivity contribution in [2.45, 2.75) is 25.9 Å². The highest BCUT2D eigenvalue weighted by molar-refractivity contribution is 5.81. The number of hydrogen-bond acceptors (Lipinski definition) is 3. The van der Waals surface area contributed by atoms with Crippen molar-refractivity contribution in [3.8, 4) is 5.75 Å². The second kappa shape index (κ2) is 10.0. The molecule has 0 saturated heterocycles. The molecule has 1 aliphatic carbocycles. The van der Waals surface area contributed by atoms with E-state index in [0.29, 0.717) is 37.9 Å². The van der Waals surface area contributed by atoms with Crippen LogP contribution in [-0.2, 0) is 11.0 Å². The first-order valence-corrected chi connectivity index (χ1v) is 9.00. The SMILES string of the molecule is CCNC(=NCCNC(=O)C1CC1)NCCOc1ccc(C(F)(F)F)cc1. The van der Waals surface area contributed by atoms with E-state index in [0.717, 1.165) is 25.0 Å². The van der Waals surface area contributed by atoms with E-state index in [4.69, 9.17) is 4.74 Å². The van der Waals surface area contributed by atoms with Gasteiger partial charge in [0.2, 0.25) is 5.91 Å². The fourth-order valence-electron chi connectivity index (χ4n) is 2.26. The van der Waals surface area contributed by atoms with Crippen molar-refractivity contribution in [3.05, 3.63) is 29.8 Å². The lowest BCUT2D eigenvalue weighted by Crippen LogP contribution is -2.40. The molecule has 0 heterocycles. The number of nitrogens with one attached hydrogen (secondary N) is 3. The van der Waals surface area contributed by atoms with Crippen molar-refractivity contribution in [1.29, 1.82) is 0 Å². The van der Waals surface area contributed by atoms with Gasteiger partial charge in [0, 0.05) is 19.0 Å². The molecule has 1 aromatic carbocycles. The van der Waals surface area contributed by atoms with Crippen LogP contribution in [-0.4, -0.2) is 44.7 Å². The number of rotatable bonds is 9. The molecule has 0 atom stereocenters. The maximum atomic E-state index is 12.5. The van der Waals surface area contributed by atoms with Gasteiger partial charge in [0.05, 0.1) is 18.7 Å². The number of halogens is 3. The normalized spacial score (nSPS) is 14.6. The number of carbonyl (C=O) groups is 1. The lowest BCUT2D eigenvalue weighted by Gasteiger charge is -2.13. The van der Waals surface area contributed by atoms with Crippen LogP contribution in [0.3, 0.4) is 0 Å². The summed E-state index contributed by atoms with van der Waals surface area (Å²) < 4.78 is 42.9. The summed E-state index contributed by atoms with van der Waals surface area (Å²) in [7, 11) is 0. The summed E-state index contributed by atoms with van der Waals surface area (Å²) in [4.78, 5) is 15.9. The van der Waals surface area contributed by atoms with Crippen LogP contribution in [0.15, 0.2) is 29.3 Å². The third-order valence-electron chi connectivity index (χ3n) is 3.82. The van der Waals surface area contributed by atoms with E-state index >= 15 is 0 Å². The van der Waals surface area contributed by atoms with Crippen molar-refractivity contribution in [3.63, 3.8) is 0 Å². The standard InChI is InChI=1S/C18H25F3N4O2/c1-2-22-17(24-10-9-23-16(26)13-3-4-13)25-11-12-27-15-7-5-14(6-8-15)18(19,20)21/h5-8,13H,2-4,9-12H2,1H3,(H,23,26)(H2,22,24,25). The Morgan fingerprint density at radius 2 is 1.85 bits per heavy atom. The van der Waals surface area contributed by atoms with Gasteiger partial charge in [-0.1, -0.05) is 0 Å². The number of carbonyl (C=O) groups excluding carboxylic acids is 1. The number of benzene rings is 1. The second-order valence-corrected chi connectivity index (χ2v) is 6.12. The van der Waals surface area contributed by atoms with E-state index in [-0.39, 0.29) is 18.4 Å². The Labute approximate surface area is 156 Å². The zero-order valence-corrected chi connectivity index (χ0v) is 15.2. The molecule has 1 saturated carbocycles. The summed E-state index contributed by atoms with van der Waals surface area (Å²) in [5.74, 6) is 1.24. The molecular formula is C18H25F3N4O2. The van der Waals surface area contributed by atoms with Gasteiger partial charge in [0.15, 0.2) is 5.96 Å². The van der Waals surface area contributed by atoms with Gasteiger partial charge in [-0.3, -0.25) is 9.79 Å². The first-order valence-electron chi connectivity index (χ1n) is 9.00. The van der Waals surface area contributed by atoms with Crippen molar-refractivity contribution in [2.24, 2.45) is 10.9 Å². The average molecular weight is 386 g/mol. The Morgan fingerprint density at radius 1 is 1.15 bits per heavy atom. The monoisotopic (exact) mass is 386 g/mol. The molecule has 0 aromatic heterocycles. The van der Waals surface area contributed by atoms with Crippen molar-refractivity contribution < 1.29 is 22.7 Å². The summed E-state index contributed by atoms with van der Waals surface area (Å²) in [6.45, 7) is 4.25. The summed E-state index contributed by atoms with van der Waals surface area (Å²) in [6.07, 6.45) is -2.41. The number of aliphatic imine (C=N–C) groups is 1. The van der Waals surface area contributed by atoms with Gasteiger partial charge in [0.1, 0.15) is 12.4 Å². The van der Waals surface area contributed by atoms with Crippen LogP contribution in [0.1, 0.15) is 25.3 Å². The predicted molar refractivity (Wildman–Crippen MR) is 96.7 cm³/mol. The van der Waals surface area contributed by atoms with E-state index in [1.807, 2.05) is 6.92 Å². The van der Waals surface area contributed by atoms with Gasteiger partial charge in [-0.2, -0.15) is 13.2 Å². The van der Waals surface area contributed by atoms with E-state index in [9.17, 15) is 18.0 Å². The minimum Gasteiger partial charge on any atom is -0.492 e. The quantitative estimate of drug-likeness (QED) is 0.345. The first-order chi connectivity index (χ1) is 12.9. The second-order valence-electron chi connectivity index (χ2n) is 6.12. The van der Waals surface area contributed by atoms with E-state index in [1.165, 1.54) is 12.1 Å².